The van der Waals surface area contributed by atoms with Crippen LogP contribution in [0.5, 0.6) is 11.5 Å². The molecule has 1 N–H and O–H groups in total. The number of amides is 1. The van der Waals surface area contributed by atoms with E-state index < -0.39 is 6.10 Å². The molecule has 1 atom stereocenters. The molecule has 22 heavy (non-hydrogen) atoms. The molecule has 0 aliphatic carbocycles. The second-order valence-corrected chi connectivity index (χ2v) is 5.32. The second-order valence-electron chi connectivity index (χ2n) is 4.89. The van der Waals surface area contributed by atoms with E-state index in [2.05, 4.69) is 5.32 Å². The summed E-state index contributed by atoms with van der Waals surface area (Å²) >= 11 is 5.89. The van der Waals surface area contributed by atoms with Gasteiger partial charge in [0.1, 0.15) is 11.5 Å². The smallest absolute Gasteiger partial charge is 0.265 e. The van der Waals surface area contributed by atoms with Gasteiger partial charge in [0.05, 0.1) is 7.11 Å². The molecular weight excluding hydrogens is 302 g/mol. The van der Waals surface area contributed by atoms with Gasteiger partial charge in [-0.25, -0.2) is 0 Å². The first-order valence-corrected chi connectivity index (χ1v) is 7.25. The number of hydrogen-bond acceptors (Lipinski definition) is 3. The van der Waals surface area contributed by atoms with Gasteiger partial charge in [-0.05, 0) is 55.8 Å². The minimum Gasteiger partial charge on any atom is -0.497 e. The number of rotatable bonds is 5. The maximum atomic E-state index is 12.2. The third-order valence-electron chi connectivity index (χ3n) is 3.17. The number of anilines is 1. The molecule has 0 saturated carbocycles. The highest BCUT2D eigenvalue weighted by molar-refractivity contribution is 6.30. The van der Waals surface area contributed by atoms with Crippen molar-refractivity contribution in [2.24, 2.45) is 0 Å². The van der Waals surface area contributed by atoms with Crippen molar-refractivity contribution in [1.82, 2.24) is 0 Å². The Kier molecular flexibility index (Phi) is 5.28. The number of carbonyl (C=O) groups is 1. The summed E-state index contributed by atoms with van der Waals surface area (Å²) in [6, 6.07) is 12.4. The van der Waals surface area contributed by atoms with E-state index in [0.717, 1.165) is 17.0 Å². The molecule has 2 rings (SSSR count). The van der Waals surface area contributed by atoms with Crippen LogP contribution in [0.25, 0.3) is 0 Å². The average Bonchev–Trinajstić information content (AvgIpc) is 2.49. The molecular formula is C17H18ClNO3. The van der Waals surface area contributed by atoms with Gasteiger partial charge in [0.2, 0.25) is 0 Å². The van der Waals surface area contributed by atoms with Crippen LogP contribution in [0.15, 0.2) is 42.5 Å². The summed E-state index contributed by atoms with van der Waals surface area (Å²) in [5.41, 5.74) is 1.65. The zero-order chi connectivity index (χ0) is 16.1. The molecule has 0 aliphatic rings. The van der Waals surface area contributed by atoms with Gasteiger partial charge in [-0.2, -0.15) is 0 Å². The Labute approximate surface area is 135 Å². The number of carbonyl (C=O) groups excluding carboxylic acids is 1. The average molecular weight is 320 g/mol. The third kappa shape index (κ3) is 4.15. The summed E-state index contributed by atoms with van der Waals surface area (Å²) < 4.78 is 10.7. The standard InChI is InChI=1S/C17H18ClNO3/c1-11-9-14(21-3)7-8-16(11)19-17(20)12(2)22-15-6-4-5-13(18)10-15/h4-10,12H,1-3H3,(H,19,20)/t12-/m1/s1. The van der Waals surface area contributed by atoms with Crippen molar-refractivity contribution in [3.63, 3.8) is 0 Å². The fourth-order valence-corrected chi connectivity index (χ4v) is 2.12. The monoisotopic (exact) mass is 319 g/mol. The van der Waals surface area contributed by atoms with Gasteiger partial charge in [-0.3, -0.25) is 4.79 Å². The zero-order valence-electron chi connectivity index (χ0n) is 12.7. The van der Waals surface area contributed by atoms with Crippen LogP contribution in [0.2, 0.25) is 5.02 Å². The molecule has 0 aliphatic heterocycles. The SMILES string of the molecule is COc1ccc(NC(=O)[C@@H](C)Oc2cccc(Cl)c2)c(C)c1. The summed E-state index contributed by atoms with van der Waals surface area (Å²) in [6.45, 7) is 3.59. The quantitative estimate of drug-likeness (QED) is 0.904. The highest BCUT2D eigenvalue weighted by Crippen LogP contribution is 2.22. The summed E-state index contributed by atoms with van der Waals surface area (Å²) in [5.74, 6) is 1.08. The largest absolute Gasteiger partial charge is 0.497 e. The minimum absolute atomic E-state index is 0.228. The summed E-state index contributed by atoms with van der Waals surface area (Å²) in [4.78, 5) is 12.2. The van der Waals surface area contributed by atoms with Gasteiger partial charge in [-0.1, -0.05) is 17.7 Å². The van der Waals surface area contributed by atoms with E-state index in [4.69, 9.17) is 21.1 Å². The lowest BCUT2D eigenvalue weighted by Gasteiger charge is -2.16. The Morgan fingerprint density at radius 1 is 1.18 bits per heavy atom. The van der Waals surface area contributed by atoms with E-state index in [1.165, 1.54) is 0 Å². The first kappa shape index (κ1) is 16.2. The first-order valence-electron chi connectivity index (χ1n) is 6.87. The van der Waals surface area contributed by atoms with Gasteiger partial charge >= 0.3 is 0 Å². The fraction of sp³-hybridized carbons (Fsp3) is 0.235. The van der Waals surface area contributed by atoms with Crippen LogP contribution in [-0.4, -0.2) is 19.1 Å². The number of benzene rings is 2. The Hall–Kier alpha value is -2.20. The minimum atomic E-state index is -0.639. The molecule has 0 saturated heterocycles. The lowest BCUT2D eigenvalue weighted by atomic mass is 10.2. The van der Waals surface area contributed by atoms with Crippen LogP contribution in [-0.2, 0) is 4.79 Å². The third-order valence-corrected chi connectivity index (χ3v) is 3.40. The summed E-state index contributed by atoms with van der Waals surface area (Å²) in [7, 11) is 1.61. The molecule has 0 aromatic heterocycles. The van der Waals surface area contributed by atoms with Gasteiger partial charge < -0.3 is 14.8 Å². The Bertz CT molecular complexity index is 673. The molecule has 116 valence electrons. The molecule has 2 aromatic carbocycles. The molecule has 1 amide bonds. The normalized spacial score (nSPS) is 11.6. The van der Waals surface area contributed by atoms with Gasteiger partial charge in [0.15, 0.2) is 6.10 Å². The predicted molar refractivity (Wildman–Crippen MR) is 87.9 cm³/mol. The lowest BCUT2D eigenvalue weighted by Crippen LogP contribution is -2.30. The van der Waals surface area contributed by atoms with Crippen LogP contribution in [0.4, 0.5) is 5.69 Å². The van der Waals surface area contributed by atoms with Crippen molar-refractivity contribution in [3.05, 3.63) is 53.1 Å². The maximum absolute atomic E-state index is 12.2. The molecule has 2 aromatic rings. The van der Waals surface area contributed by atoms with Crippen molar-refractivity contribution in [2.75, 3.05) is 12.4 Å². The predicted octanol–water partition coefficient (Wildman–Crippen LogP) is 4.06. The fourth-order valence-electron chi connectivity index (χ4n) is 1.94. The van der Waals surface area contributed by atoms with Gasteiger partial charge in [0, 0.05) is 10.7 Å². The van der Waals surface area contributed by atoms with Crippen molar-refractivity contribution in [3.8, 4) is 11.5 Å². The maximum Gasteiger partial charge on any atom is 0.265 e. The highest BCUT2D eigenvalue weighted by Gasteiger charge is 2.16. The number of halogens is 1. The molecule has 4 nitrogen and oxygen atoms in total. The number of aryl methyl sites for hydroxylation is 1. The first-order chi connectivity index (χ1) is 10.5. The van der Waals surface area contributed by atoms with E-state index in [-0.39, 0.29) is 5.91 Å². The molecule has 0 radical (unpaired) electrons. The topological polar surface area (TPSA) is 47.6 Å². The number of hydrogen-bond donors (Lipinski definition) is 1. The second kappa shape index (κ2) is 7.18. The van der Waals surface area contributed by atoms with Crippen molar-refractivity contribution in [1.29, 1.82) is 0 Å². The van der Waals surface area contributed by atoms with Crippen molar-refractivity contribution >= 4 is 23.2 Å². The van der Waals surface area contributed by atoms with Gasteiger partial charge in [-0.15, -0.1) is 0 Å². The number of methoxy groups -OCH3 is 1. The van der Waals surface area contributed by atoms with Crippen LogP contribution in [0.1, 0.15) is 12.5 Å². The van der Waals surface area contributed by atoms with Crippen LogP contribution in [0.3, 0.4) is 0 Å². The Balaban J connectivity index is 2.02. The zero-order valence-corrected chi connectivity index (χ0v) is 13.5. The van der Waals surface area contributed by atoms with Crippen molar-refractivity contribution < 1.29 is 14.3 Å². The van der Waals surface area contributed by atoms with Crippen LogP contribution < -0.4 is 14.8 Å². The van der Waals surface area contributed by atoms with Gasteiger partial charge in [0.25, 0.3) is 5.91 Å². The lowest BCUT2D eigenvalue weighted by molar-refractivity contribution is -0.122. The van der Waals surface area contributed by atoms with E-state index in [9.17, 15) is 4.79 Å². The number of ether oxygens (including phenoxy) is 2. The van der Waals surface area contributed by atoms with E-state index in [1.54, 1.807) is 50.4 Å². The van der Waals surface area contributed by atoms with Crippen LogP contribution in [0, 0.1) is 6.92 Å². The van der Waals surface area contributed by atoms with E-state index >= 15 is 0 Å². The molecule has 0 heterocycles. The Morgan fingerprint density at radius 2 is 1.95 bits per heavy atom. The molecule has 0 spiro atoms. The summed E-state index contributed by atoms with van der Waals surface area (Å²) in [5, 5.41) is 3.41. The highest BCUT2D eigenvalue weighted by atomic mass is 35.5. The van der Waals surface area contributed by atoms with E-state index in [0.29, 0.717) is 10.8 Å². The van der Waals surface area contributed by atoms with E-state index in [1.807, 2.05) is 13.0 Å². The summed E-state index contributed by atoms with van der Waals surface area (Å²) in [6.07, 6.45) is -0.639. The molecule has 0 bridgehead atoms. The molecule has 0 fully saturated rings. The van der Waals surface area contributed by atoms with Crippen molar-refractivity contribution in [2.45, 2.75) is 20.0 Å². The molecule has 0 unspecified atom stereocenters. The van der Waals surface area contributed by atoms with Crippen LogP contribution >= 0.6 is 11.6 Å². The number of nitrogens with one attached hydrogen (secondary N) is 1. The molecule has 5 heteroatoms. The Morgan fingerprint density at radius 3 is 2.59 bits per heavy atom.